The van der Waals surface area contributed by atoms with Gasteiger partial charge in [0.1, 0.15) is 0 Å². The molecule has 0 N–H and O–H groups in total. The lowest BCUT2D eigenvalue weighted by atomic mass is 9.80. The van der Waals surface area contributed by atoms with Crippen LogP contribution in [0, 0.1) is 11.8 Å². The van der Waals surface area contributed by atoms with Crippen molar-refractivity contribution >= 4 is 12.6 Å². The van der Waals surface area contributed by atoms with Crippen LogP contribution in [0.15, 0.2) is 0 Å². The zero-order valence-electron chi connectivity index (χ0n) is 15.2. The van der Waals surface area contributed by atoms with E-state index in [1.54, 1.807) is 0 Å². The Kier molecular flexibility index (Phi) is 8.28. The number of thiol groups is 1. The van der Waals surface area contributed by atoms with Crippen LogP contribution in [0.25, 0.3) is 0 Å². The average molecular weight is 365 g/mol. The number of hydrogen-bond acceptors (Lipinski definition) is 3. The average Bonchev–Trinajstić information content (AvgIpc) is 2.57. The minimum Gasteiger partial charge on any atom is -0.378 e. The lowest BCUT2D eigenvalue weighted by Crippen LogP contribution is -2.44. The van der Waals surface area contributed by atoms with E-state index in [9.17, 15) is 8.78 Å². The van der Waals surface area contributed by atoms with Crippen LogP contribution in [0.5, 0.6) is 0 Å². The van der Waals surface area contributed by atoms with Crippen molar-refractivity contribution in [1.82, 2.24) is 0 Å². The molecule has 0 amide bonds. The molecule has 3 atom stereocenters. The summed E-state index contributed by atoms with van der Waals surface area (Å²) in [6.45, 7) is 5.03. The van der Waals surface area contributed by atoms with Crippen molar-refractivity contribution in [2.45, 2.75) is 102 Å². The van der Waals surface area contributed by atoms with Gasteiger partial charge >= 0.3 is 6.11 Å². The Morgan fingerprint density at radius 3 is 2.33 bits per heavy atom. The molecule has 2 aliphatic carbocycles. The van der Waals surface area contributed by atoms with Crippen LogP contribution in [0.1, 0.15) is 78.1 Å². The third-order valence-corrected chi connectivity index (χ3v) is 6.31. The predicted molar refractivity (Wildman–Crippen MR) is 96.8 cm³/mol. The Balaban J connectivity index is 1.78. The van der Waals surface area contributed by atoms with E-state index < -0.39 is 18.1 Å². The van der Waals surface area contributed by atoms with Gasteiger partial charge in [0.2, 0.25) is 0 Å². The summed E-state index contributed by atoms with van der Waals surface area (Å²) in [5.41, 5.74) is 0. The van der Waals surface area contributed by atoms with Gasteiger partial charge in [-0.15, -0.1) is 0 Å². The zero-order valence-corrected chi connectivity index (χ0v) is 16.1. The SMILES string of the molecule is CCCCOC1CCC(OC(F)(F)C2CCC(CC)CC2)C(S)C1. The van der Waals surface area contributed by atoms with Gasteiger partial charge in [-0.05, 0) is 57.3 Å². The number of rotatable bonds is 8. The molecule has 2 nitrogen and oxygen atoms in total. The molecule has 3 unspecified atom stereocenters. The van der Waals surface area contributed by atoms with Crippen molar-refractivity contribution in [2.75, 3.05) is 6.61 Å². The Labute approximate surface area is 151 Å². The fourth-order valence-corrected chi connectivity index (χ4v) is 4.41. The third kappa shape index (κ3) is 5.84. The van der Waals surface area contributed by atoms with Gasteiger partial charge in [0.15, 0.2) is 0 Å². The fourth-order valence-electron chi connectivity index (χ4n) is 3.97. The maximum absolute atomic E-state index is 14.6. The van der Waals surface area contributed by atoms with Crippen molar-refractivity contribution in [3.8, 4) is 0 Å². The number of halogens is 2. The van der Waals surface area contributed by atoms with E-state index in [1.807, 2.05) is 0 Å². The number of hydrogen-bond donors (Lipinski definition) is 1. The van der Waals surface area contributed by atoms with Crippen LogP contribution in [-0.2, 0) is 9.47 Å². The van der Waals surface area contributed by atoms with Gasteiger partial charge in [0.25, 0.3) is 0 Å². The van der Waals surface area contributed by atoms with Crippen molar-refractivity contribution in [3.05, 3.63) is 0 Å². The molecule has 0 bridgehead atoms. The molecule has 0 saturated heterocycles. The maximum Gasteiger partial charge on any atom is 0.358 e. The molecular formula is C19H34F2O2S. The van der Waals surface area contributed by atoms with E-state index in [0.717, 1.165) is 45.1 Å². The van der Waals surface area contributed by atoms with Crippen molar-refractivity contribution in [3.63, 3.8) is 0 Å². The highest BCUT2D eigenvalue weighted by atomic mass is 32.1. The highest BCUT2D eigenvalue weighted by Gasteiger charge is 2.46. The molecule has 0 spiro atoms. The van der Waals surface area contributed by atoms with Crippen LogP contribution in [0.4, 0.5) is 8.78 Å². The quantitative estimate of drug-likeness (QED) is 0.430. The Bertz CT molecular complexity index is 359. The molecule has 0 aromatic rings. The summed E-state index contributed by atoms with van der Waals surface area (Å²) >= 11 is 4.53. The second kappa shape index (κ2) is 9.72. The van der Waals surface area contributed by atoms with Crippen LogP contribution in [-0.4, -0.2) is 30.2 Å². The molecule has 0 aromatic heterocycles. The van der Waals surface area contributed by atoms with Gasteiger partial charge < -0.3 is 9.47 Å². The van der Waals surface area contributed by atoms with Gasteiger partial charge in [0.05, 0.1) is 18.1 Å². The maximum atomic E-state index is 14.6. The molecule has 2 saturated carbocycles. The molecule has 0 aliphatic heterocycles. The van der Waals surface area contributed by atoms with E-state index in [4.69, 9.17) is 9.47 Å². The van der Waals surface area contributed by atoms with E-state index in [0.29, 0.717) is 31.6 Å². The lowest BCUT2D eigenvalue weighted by Gasteiger charge is -2.39. The van der Waals surface area contributed by atoms with Gasteiger partial charge in [-0.1, -0.05) is 26.7 Å². The molecule has 2 aliphatic rings. The van der Waals surface area contributed by atoms with E-state index in [-0.39, 0.29) is 11.4 Å². The summed E-state index contributed by atoms with van der Waals surface area (Å²) in [6, 6.07) is 0. The lowest BCUT2D eigenvalue weighted by molar-refractivity contribution is -0.301. The molecule has 2 rings (SSSR count). The van der Waals surface area contributed by atoms with E-state index in [2.05, 4.69) is 26.5 Å². The highest BCUT2D eigenvalue weighted by Crippen LogP contribution is 2.42. The Morgan fingerprint density at radius 2 is 1.75 bits per heavy atom. The van der Waals surface area contributed by atoms with Gasteiger partial charge in [-0.3, -0.25) is 0 Å². The summed E-state index contributed by atoms with van der Waals surface area (Å²) in [5, 5.41) is -0.164. The molecule has 2 fully saturated rings. The van der Waals surface area contributed by atoms with Crippen molar-refractivity contribution in [2.24, 2.45) is 11.8 Å². The first kappa shape index (κ1) is 20.4. The van der Waals surface area contributed by atoms with Crippen LogP contribution >= 0.6 is 12.6 Å². The third-order valence-electron chi connectivity index (χ3n) is 5.77. The van der Waals surface area contributed by atoms with Gasteiger partial charge in [-0.2, -0.15) is 21.4 Å². The molecule has 142 valence electrons. The van der Waals surface area contributed by atoms with Crippen LogP contribution in [0.3, 0.4) is 0 Å². The summed E-state index contributed by atoms with van der Waals surface area (Å²) in [6.07, 6.45) is 5.01. The summed E-state index contributed by atoms with van der Waals surface area (Å²) < 4.78 is 40.2. The molecule has 0 aromatic carbocycles. The van der Waals surface area contributed by atoms with Crippen molar-refractivity contribution < 1.29 is 18.3 Å². The Hall–Kier alpha value is 0.130. The van der Waals surface area contributed by atoms with E-state index >= 15 is 0 Å². The van der Waals surface area contributed by atoms with Crippen LogP contribution < -0.4 is 0 Å². The van der Waals surface area contributed by atoms with Gasteiger partial charge in [-0.25, -0.2) is 0 Å². The summed E-state index contributed by atoms with van der Waals surface area (Å²) in [7, 11) is 0. The standard InChI is InChI=1S/C19H34F2O2S/c1-3-5-12-22-16-10-11-17(18(24)13-16)23-19(20,21)15-8-6-14(4-2)7-9-15/h14-18,24H,3-13H2,1-2H3. The van der Waals surface area contributed by atoms with E-state index in [1.165, 1.54) is 0 Å². The topological polar surface area (TPSA) is 18.5 Å². The highest BCUT2D eigenvalue weighted by molar-refractivity contribution is 7.81. The first-order valence-corrected chi connectivity index (χ1v) is 10.3. The second-order valence-corrected chi connectivity index (χ2v) is 8.23. The number of unbranched alkanes of at least 4 members (excludes halogenated alkanes) is 1. The molecule has 0 heterocycles. The number of ether oxygens (including phenoxy) is 2. The minimum absolute atomic E-state index is 0.146. The minimum atomic E-state index is -3.01. The zero-order chi connectivity index (χ0) is 17.6. The Morgan fingerprint density at radius 1 is 1.04 bits per heavy atom. The molecule has 5 heteroatoms. The molecule has 0 radical (unpaired) electrons. The summed E-state index contributed by atoms with van der Waals surface area (Å²) in [5.74, 6) is -0.00949. The predicted octanol–water partition coefficient (Wildman–Crippen LogP) is 5.85. The monoisotopic (exact) mass is 364 g/mol. The smallest absolute Gasteiger partial charge is 0.358 e. The van der Waals surface area contributed by atoms with Crippen LogP contribution in [0.2, 0.25) is 0 Å². The van der Waals surface area contributed by atoms with Gasteiger partial charge in [0, 0.05) is 11.9 Å². The van der Waals surface area contributed by atoms with Crippen molar-refractivity contribution in [1.29, 1.82) is 0 Å². The molecular weight excluding hydrogens is 330 g/mol. The first-order chi connectivity index (χ1) is 11.5. The largest absolute Gasteiger partial charge is 0.378 e. The second-order valence-electron chi connectivity index (χ2n) is 7.57. The molecule has 24 heavy (non-hydrogen) atoms. The summed E-state index contributed by atoms with van der Waals surface area (Å²) in [4.78, 5) is 0. The first-order valence-electron chi connectivity index (χ1n) is 9.81. The fraction of sp³-hybridized carbons (Fsp3) is 1.00. The normalized spacial score (nSPS) is 35.1. The number of alkyl halides is 2.